The quantitative estimate of drug-likeness (QED) is 0.894. The predicted molar refractivity (Wildman–Crippen MR) is 86.5 cm³/mol. The van der Waals surface area contributed by atoms with Gasteiger partial charge in [0.25, 0.3) is 0 Å². The fraction of sp³-hybridized carbons (Fsp3) is 0.647. The average Bonchev–Trinajstić information content (AvgIpc) is 3.09. The van der Waals surface area contributed by atoms with Crippen LogP contribution in [-0.4, -0.2) is 19.6 Å². The lowest BCUT2D eigenvalue weighted by Crippen LogP contribution is -2.35. The molecule has 20 heavy (non-hydrogen) atoms. The SMILES string of the molecule is CNCc1cccc(Cl)c1N1CCCC1C1CCCC1. The smallest absolute Gasteiger partial charge is 0.0643 e. The Hall–Kier alpha value is -0.730. The van der Waals surface area contributed by atoms with Crippen LogP contribution in [0.1, 0.15) is 44.1 Å². The van der Waals surface area contributed by atoms with Gasteiger partial charge in [0, 0.05) is 19.1 Å². The van der Waals surface area contributed by atoms with Crippen molar-refractivity contribution in [1.82, 2.24) is 5.32 Å². The van der Waals surface area contributed by atoms with E-state index in [-0.39, 0.29) is 0 Å². The Labute approximate surface area is 127 Å². The number of hydrogen-bond donors (Lipinski definition) is 1. The van der Waals surface area contributed by atoms with Crippen LogP contribution < -0.4 is 10.2 Å². The first-order valence-electron chi connectivity index (χ1n) is 8.00. The summed E-state index contributed by atoms with van der Waals surface area (Å²) in [7, 11) is 2.00. The highest BCUT2D eigenvalue weighted by molar-refractivity contribution is 6.33. The first-order chi connectivity index (χ1) is 9.81. The Bertz CT molecular complexity index is 454. The maximum absolute atomic E-state index is 6.55. The Morgan fingerprint density at radius 2 is 2.00 bits per heavy atom. The summed E-state index contributed by atoms with van der Waals surface area (Å²) in [6.07, 6.45) is 8.31. The number of anilines is 1. The summed E-state index contributed by atoms with van der Waals surface area (Å²) in [4.78, 5) is 2.62. The van der Waals surface area contributed by atoms with Gasteiger partial charge in [0.05, 0.1) is 10.7 Å². The number of para-hydroxylation sites is 1. The number of halogens is 1. The zero-order valence-electron chi connectivity index (χ0n) is 12.4. The molecule has 1 aromatic rings. The number of hydrogen-bond acceptors (Lipinski definition) is 2. The van der Waals surface area contributed by atoms with Gasteiger partial charge in [-0.3, -0.25) is 0 Å². The number of rotatable bonds is 4. The lowest BCUT2D eigenvalue weighted by atomic mass is 9.95. The Morgan fingerprint density at radius 1 is 1.20 bits per heavy atom. The van der Waals surface area contributed by atoms with Crippen LogP contribution in [-0.2, 0) is 6.54 Å². The molecule has 2 fully saturated rings. The Morgan fingerprint density at radius 3 is 2.75 bits per heavy atom. The van der Waals surface area contributed by atoms with Gasteiger partial charge in [0.15, 0.2) is 0 Å². The monoisotopic (exact) mass is 292 g/mol. The van der Waals surface area contributed by atoms with Gasteiger partial charge in [0.2, 0.25) is 0 Å². The molecule has 1 aliphatic heterocycles. The van der Waals surface area contributed by atoms with E-state index in [2.05, 4.69) is 22.3 Å². The highest BCUT2D eigenvalue weighted by Crippen LogP contribution is 2.41. The molecule has 1 heterocycles. The van der Waals surface area contributed by atoms with Gasteiger partial charge in [-0.05, 0) is 50.3 Å². The zero-order valence-corrected chi connectivity index (χ0v) is 13.1. The van der Waals surface area contributed by atoms with Crippen LogP contribution >= 0.6 is 11.6 Å². The summed E-state index contributed by atoms with van der Waals surface area (Å²) in [5, 5.41) is 4.19. The third-order valence-corrected chi connectivity index (χ3v) is 5.27. The van der Waals surface area contributed by atoms with Crippen molar-refractivity contribution in [1.29, 1.82) is 0 Å². The largest absolute Gasteiger partial charge is 0.367 e. The maximum Gasteiger partial charge on any atom is 0.0643 e. The summed E-state index contributed by atoms with van der Waals surface area (Å²) >= 11 is 6.55. The van der Waals surface area contributed by atoms with E-state index in [0.29, 0.717) is 6.04 Å². The molecule has 2 nitrogen and oxygen atoms in total. The molecule has 1 N–H and O–H groups in total. The Kier molecular flexibility index (Phi) is 4.52. The van der Waals surface area contributed by atoms with E-state index in [4.69, 9.17) is 11.6 Å². The Balaban J connectivity index is 1.90. The van der Waals surface area contributed by atoms with Crippen molar-refractivity contribution in [3.05, 3.63) is 28.8 Å². The van der Waals surface area contributed by atoms with E-state index in [1.54, 1.807) is 0 Å². The maximum atomic E-state index is 6.55. The van der Waals surface area contributed by atoms with Crippen LogP contribution in [0.5, 0.6) is 0 Å². The summed E-state index contributed by atoms with van der Waals surface area (Å²) in [5.41, 5.74) is 2.63. The van der Waals surface area contributed by atoms with E-state index in [9.17, 15) is 0 Å². The van der Waals surface area contributed by atoms with Crippen LogP contribution in [0.3, 0.4) is 0 Å². The number of nitrogens with one attached hydrogen (secondary N) is 1. The second-order valence-corrected chi connectivity index (χ2v) is 6.63. The van der Waals surface area contributed by atoms with Gasteiger partial charge in [-0.2, -0.15) is 0 Å². The molecule has 3 heteroatoms. The van der Waals surface area contributed by atoms with Gasteiger partial charge in [-0.15, -0.1) is 0 Å². The topological polar surface area (TPSA) is 15.3 Å². The van der Waals surface area contributed by atoms with Gasteiger partial charge < -0.3 is 10.2 Å². The molecule has 0 spiro atoms. The van der Waals surface area contributed by atoms with Gasteiger partial charge in [0.1, 0.15) is 0 Å². The summed E-state index contributed by atoms with van der Waals surface area (Å²) in [5.74, 6) is 0.885. The minimum Gasteiger partial charge on any atom is -0.367 e. The van der Waals surface area contributed by atoms with Crippen LogP contribution in [0.25, 0.3) is 0 Å². The molecule has 0 amide bonds. The lowest BCUT2D eigenvalue weighted by Gasteiger charge is -2.33. The van der Waals surface area contributed by atoms with E-state index in [1.165, 1.54) is 56.3 Å². The van der Waals surface area contributed by atoms with Crippen molar-refractivity contribution in [3.8, 4) is 0 Å². The first-order valence-corrected chi connectivity index (χ1v) is 8.37. The molecule has 0 bridgehead atoms. The van der Waals surface area contributed by atoms with Crippen molar-refractivity contribution in [2.45, 2.75) is 51.1 Å². The van der Waals surface area contributed by atoms with Gasteiger partial charge in [-0.1, -0.05) is 36.6 Å². The van der Waals surface area contributed by atoms with Crippen LogP contribution in [0.15, 0.2) is 18.2 Å². The van der Waals surface area contributed by atoms with Crippen molar-refractivity contribution in [3.63, 3.8) is 0 Å². The van der Waals surface area contributed by atoms with E-state index >= 15 is 0 Å². The van der Waals surface area contributed by atoms with Crippen LogP contribution in [0.4, 0.5) is 5.69 Å². The molecule has 1 unspecified atom stereocenters. The second-order valence-electron chi connectivity index (χ2n) is 6.23. The predicted octanol–water partition coefficient (Wildman–Crippen LogP) is 4.22. The van der Waals surface area contributed by atoms with Crippen molar-refractivity contribution in [2.24, 2.45) is 5.92 Å². The number of benzene rings is 1. The molecular formula is C17H25ClN2. The van der Waals surface area contributed by atoms with Crippen molar-refractivity contribution >= 4 is 17.3 Å². The highest BCUT2D eigenvalue weighted by atomic mass is 35.5. The minimum atomic E-state index is 0.716. The fourth-order valence-electron chi connectivity index (χ4n) is 4.12. The molecule has 1 aromatic carbocycles. The van der Waals surface area contributed by atoms with Crippen LogP contribution in [0.2, 0.25) is 5.02 Å². The molecule has 2 aliphatic rings. The van der Waals surface area contributed by atoms with Gasteiger partial charge in [-0.25, -0.2) is 0 Å². The molecule has 110 valence electrons. The summed E-state index contributed by atoms with van der Waals surface area (Å²) in [6, 6.07) is 7.04. The molecular weight excluding hydrogens is 268 g/mol. The molecule has 1 aliphatic carbocycles. The van der Waals surface area contributed by atoms with Crippen LogP contribution in [0, 0.1) is 5.92 Å². The normalized spacial score (nSPS) is 23.7. The first kappa shape index (κ1) is 14.2. The highest BCUT2D eigenvalue weighted by Gasteiger charge is 2.34. The standard InChI is InChI=1S/C17H25ClN2/c1-19-12-14-8-4-9-15(18)17(14)20-11-5-10-16(20)13-6-2-3-7-13/h4,8-9,13,16,19H,2-3,5-7,10-12H2,1H3. The molecule has 1 saturated heterocycles. The van der Waals surface area contributed by atoms with E-state index in [1.807, 2.05) is 13.1 Å². The van der Waals surface area contributed by atoms with Gasteiger partial charge >= 0.3 is 0 Å². The van der Waals surface area contributed by atoms with E-state index in [0.717, 1.165) is 17.5 Å². The van der Waals surface area contributed by atoms with E-state index < -0.39 is 0 Å². The third kappa shape index (κ3) is 2.68. The lowest BCUT2D eigenvalue weighted by molar-refractivity contribution is 0.430. The van der Waals surface area contributed by atoms with Crippen molar-refractivity contribution in [2.75, 3.05) is 18.5 Å². The summed E-state index contributed by atoms with van der Waals surface area (Å²) in [6.45, 7) is 2.06. The summed E-state index contributed by atoms with van der Waals surface area (Å²) < 4.78 is 0. The minimum absolute atomic E-state index is 0.716. The third-order valence-electron chi connectivity index (χ3n) is 4.97. The number of nitrogens with zero attached hydrogens (tertiary/aromatic N) is 1. The zero-order chi connectivity index (χ0) is 13.9. The molecule has 0 radical (unpaired) electrons. The average molecular weight is 293 g/mol. The van der Waals surface area contributed by atoms with Crippen molar-refractivity contribution < 1.29 is 0 Å². The molecule has 1 atom stereocenters. The molecule has 3 rings (SSSR count). The molecule has 1 saturated carbocycles. The fourth-order valence-corrected chi connectivity index (χ4v) is 4.42. The second kappa shape index (κ2) is 6.36. The molecule has 0 aromatic heterocycles.